The van der Waals surface area contributed by atoms with Gasteiger partial charge in [0.15, 0.2) is 9.84 Å². The molecular weight excluding hydrogens is 236 g/mol. The Balaban J connectivity index is 2.48. The fraction of sp³-hybridized carbons (Fsp3) is 0.200. The summed E-state index contributed by atoms with van der Waals surface area (Å²) in [5.74, 6) is 0.356. The smallest absolute Gasteiger partial charge is 0.154 e. The lowest BCUT2D eigenvalue weighted by atomic mass is 10.2. The molecule has 0 aliphatic rings. The maximum Gasteiger partial charge on any atom is 0.154 e. The SMILES string of the molecule is CS(=O)(=O)Cc1cc2cc(Cl)ccc2o1. The highest BCUT2D eigenvalue weighted by atomic mass is 35.5. The highest BCUT2D eigenvalue weighted by Gasteiger charge is 2.10. The first kappa shape index (κ1) is 10.5. The number of rotatable bonds is 2. The molecule has 2 rings (SSSR count). The van der Waals surface area contributed by atoms with E-state index in [1.165, 1.54) is 6.26 Å². The monoisotopic (exact) mass is 244 g/mol. The maximum atomic E-state index is 11.1. The van der Waals surface area contributed by atoms with Gasteiger partial charge < -0.3 is 4.42 Å². The first-order valence-corrected chi connectivity index (χ1v) is 6.73. The van der Waals surface area contributed by atoms with Gasteiger partial charge in [-0.05, 0) is 24.3 Å². The zero-order valence-electron chi connectivity index (χ0n) is 8.03. The van der Waals surface area contributed by atoms with Gasteiger partial charge in [0.1, 0.15) is 17.1 Å². The van der Waals surface area contributed by atoms with E-state index < -0.39 is 9.84 Å². The van der Waals surface area contributed by atoms with Crippen LogP contribution in [0.4, 0.5) is 0 Å². The molecule has 0 aliphatic carbocycles. The molecule has 0 unspecified atom stereocenters. The van der Waals surface area contributed by atoms with Crippen molar-refractivity contribution in [3.05, 3.63) is 35.0 Å². The average Bonchev–Trinajstić information content (AvgIpc) is 2.42. The molecule has 0 atom stereocenters. The van der Waals surface area contributed by atoms with Gasteiger partial charge in [0.25, 0.3) is 0 Å². The number of furan rings is 1. The van der Waals surface area contributed by atoms with E-state index in [2.05, 4.69) is 0 Å². The molecule has 0 N–H and O–H groups in total. The topological polar surface area (TPSA) is 47.3 Å². The zero-order valence-corrected chi connectivity index (χ0v) is 9.60. The first-order chi connectivity index (χ1) is 6.94. The molecule has 1 aromatic heterocycles. The minimum atomic E-state index is -3.06. The van der Waals surface area contributed by atoms with Crippen LogP contribution in [-0.4, -0.2) is 14.7 Å². The molecule has 15 heavy (non-hydrogen) atoms. The van der Waals surface area contributed by atoms with Crippen LogP contribution in [0.3, 0.4) is 0 Å². The fourth-order valence-corrected chi connectivity index (χ4v) is 2.24. The molecule has 2 aromatic rings. The van der Waals surface area contributed by atoms with Gasteiger partial charge in [0.2, 0.25) is 0 Å². The van der Waals surface area contributed by atoms with Crippen molar-refractivity contribution in [3.63, 3.8) is 0 Å². The predicted octanol–water partition coefficient (Wildman–Crippen LogP) is 2.63. The van der Waals surface area contributed by atoms with Gasteiger partial charge >= 0.3 is 0 Å². The second-order valence-corrected chi connectivity index (χ2v) is 6.04. The molecule has 0 fully saturated rings. The lowest BCUT2D eigenvalue weighted by Gasteiger charge is -1.91. The number of fused-ring (bicyclic) bond motifs is 1. The van der Waals surface area contributed by atoms with Crippen LogP contribution >= 0.6 is 11.6 Å². The Kier molecular flexibility index (Phi) is 2.48. The van der Waals surface area contributed by atoms with Crippen LogP contribution in [0, 0.1) is 0 Å². The van der Waals surface area contributed by atoms with E-state index in [-0.39, 0.29) is 5.75 Å². The molecule has 80 valence electrons. The quantitative estimate of drug-likeness (QED) is 0.816. The summed E-state index contributed by atoms with van der Waals surface area (Å²) >= 11 is 5.80. The minimum absolute atomic E-state index is 0.0840. The summed E-state index contributed by atoms with van der Waals surface area (Å²) < 4.78 is 27.5. The average molecular weight is 245 g/mol. The van der Waals surface area contributed by atoms with Gasteiger partial charge in [0, 0.05) is 16.7 Å². The summed E-state index contributed by atoms with van der Waals surface area (Å²) in [5.41, 5.74) is 0.651. The van der Waals surface area contributed by atoms with Crippen molar-refractivity contribution in [1.29, 1.82) is 0 Å². The minimum Gasteiger partial charge on any atom is -0.460 e. The van der Waals surface area contributed by atoms with Crippen LogP contribution < -0.4 is 0 Å². The Labute approximate surface area is 92.6 Å². The second-order valence-electron chi connectivity index (χ2n) is 3.46. The highest BCUT2D eigenvalue weighted by Crippen LogP contribution is 2.23. The number of sulfone groups is 1. The van der Waals surface area contributed by atoms with Crippen molar-refractivity contribution < 1.29 is 12.8 Å². The van der Waals surface area contributed by atoms with E-state index in [0.29, 0.717) is 16.4 Å². The van der Waals surface area contributed by atoms with Gasteiger partial charge in [-0.2, -0.15) is 0 Å². The summed E-state index contributed by atoms with van der Waals surface area (Å²) in [6.45, 7) is 0. The van der Waals surface area contributed by atoms with E-state index in [1.807, 2.05) is 0 Å². The fourth-order valence-electron chi connectivity index (χ4n) is 1.40. The Morgan fingerprint density at radius 2 is 2.07 bits per heavy atom. The molecule has 5 heteroatoms. The van der Waals surface area contributed by atoms with E-state index >= 15 is 0 Å². The number of halogens is 1. The molecule has 0 saturated carbocycles. The second kappa shape index (κ2) is 3.54. The third-order valence-electron chi connectivity index (χ3n) is 1.93. The standard InChI is InChI=1S/C10H9ClO3S/c1-15(12,13)6-9-5-7-4-8(11)2-3-10(7)14-9/h2-5H,6H2,1H3. The van der Waals surface area contributed by atoms with Crippen molar-refractivity contribution >= 4 is 32.4 Å². The Morgan fingerprint density at radius 3 is 2.73 bits per heavy atom. The van der Waals surface area contributed by atoms with Gasteiger partial charge in [-0.3, -0.25) is 0 Å². The first-order valence-electron chi connectivity index (χ1n) is 4.30. The van der Waals surface area contributed by atoms with Crippen LogP contribution in [0.5, 0.6) is 0 Å². The molecule has 0 spiro atoms. The van der Waals surface area contributed by atoms with Crippen LogP contribution in [0.2, 0.25) is 5.02 Å². The van der Waals surface area contributed by atoms with Crippen molar-refractivity contribution in [2.24, 2.45) is 0 Å². The summed E-state index contributed by atoms with van der Waals surface area (Å²) in [5, 5.41) is 1.43. The Hall–Kier alpha value is -1.00. The lowest BCUT2D eigenvalue weighted by Crippen LogP contribution is -1.98. The largest absolute Gasteiger partial charge is 0.460 e. The van der Waals surface area contributed by atoms with Crippen LogP contribution in [0.1, 0.15) is 5.76 Å². The lowest BCUT2D eigenvalue weighted by molar-refractivity contribution is 0.557. The van der Waals surface area contributed by atoms with Gasteiger partial charge in [-0.15, -0.1) is 0 Å². The van der Waals surface area contributed by atoms with Gasteiger partial charge in [-0.25, -0.2) is 8.42 Å². The van der Waals surface area contributed by atoms with E-state index in [4.69, 9.17) is 16.0 Å². The number of benzene rings is 1. The summed E-state index contributed by atoms with van der Waals surface area (Å²) in [7, 11) is -3.06. The third-order valence-corrected chi connectivity index (χ3v) is 2.98. The Bertz CT molecular complexity index is 598. The molecule has 0 amide bonds. The molecule has 3 nitrogen and oxygen atoms in total. The van der Waals surface area contributed by atoms with Crippen LogP contribution in [0.25, 0.3) is 11.0 Å². The maximum absolute atomic E-state index is 11.1. The Morgan fingerprint density at radius 1 is 1.33 bits per heavy atom. The van der Waals surface area contributed by atoms with Crippen molar-refractivity contribution in [3.8, 4) is 0 Å². The molecule has 0 aliphatic heterocycles. The molecule has 0 radical (unpaired) electrons. The van der Waals surface area contributed by atoms with Crippen LogP contribution in [-0.2, 0) is 15.6 Å². The molecule has 1 aromatic carbocycles. The van der Waals surface area contributed by atoms with Gasteiger partial charge in [0.05, 0.1) is 0 Å². The van der Waals surface area contributed by atoms with E-state index in [0.717, 1.165) is 5.39 Å². The normalized spacial score (nSPS) is 12.1. The highest BCUT2D eigenvalue weighted by molar-refractivity contribution is 7.89. The van der Waals surface area contributed by atoms with Crippen LogP contribution in [0.15, 0.2) is 28.7 Å². The van der Waals surface area contributed by atoms with Crippen molar-refractivity contribution in [2.75, 3.05) is 6.26 Å². The zero-order chi connectivity index (χ0) is 11.1. The molecular formula is C10H9ClO3S. The van der Waals surface area contributed by atoms with E-state index in [9.17, 15) is 8.42 Å². The third kappa shape index (κ3) is 2.52. The molecule has 1 heterocycles. The van der Waals surface area contributed by atoms with Gasteiger partial charge in [-0.1, -0.05) is 11.6 Å². The molecule has 0 bridgehead atoms. The summed E-state index contributed by atoms with van der Waals surface area (Å²) in [6, 6.07) is 6.87. The molecule has 0 saturated heterocycles. The van der Waals surface area contributed by atoms with Crippen molar-refractivity contribution in [1.82, 2.24) is 0 Å². The summed E-state index contributed by atoms with van der Waals surface area (Å²) in [4.78, 5) is 0. The van der Waals surface area contributed by atoms with Crippen molar-refractivity contribution in [2.45, 2.75) is 5.75 Å². The number of hydrogen-bond acceptors (Lipinski definition) is 3. The van der Waals surface area contributed by atoms with E-state index in [1.54, 1.807) is 24.3 Å². The predicted molar refractivity (Wildman–Crippen MR) is 59.8 cm³/mol. The summed E-state index contributed by atoms with van der Waals surface area (Å²) in [6.07, 6.45) is 1.17. The number of hydrogen-bond donors (Lipinski definition) is 0.